The second-order valence-corrected chi connectivity index (χ2v) is 10.7. The lowest BCUT2D eigenvalue weighted by molar-refractivity contribution is -0.00616. The number of esters is 1. The van der Waals surface area contributed by atoms with E-state index in [1.165, 1.54) is 56.8 Å². The van der Waals surface area contributed by atoms with Crippen LogP contribution in [0.1, 0.15) is 72.0 Å². The molecule has 0 amide bonds. The van der Waals surface area contributed by atoms with Crippen molar-refractivity contribution in [1.29, 1.82) is 0 Å². The molecule has 0 saturated heterocycles. The van der Waals surface area contributed by atoms with E-state index in [-0.39, 0.29) is 12.6 Å². The minimum Gasteiger partial charge on any atom is -0.496 e. The summed E-state index contributed by atoms with van der Waals surface area (Å²) in [5.74, 6) is 3.42. The van der Waals surface area contributed by atoms with Crippen molar-refractivity contribution >= 4 is 11.5 Å². The van der Waals surface area contributed by atoms with E-state index in [0.29, 0.717) is 11.0 Å². The minimum absolute atomic E-state index is 0.0705. The Morgan fingerprint density at radius 3 is 2.29 bits per heavy atom. The molecule has 2 aromatic carbocycles. The molecule has 0 aliphatic heterocycles. The molecule has 4 fully saturated rings. The van der Waals surface area contributed by atoms with Crippen LogP contribution in [0.2, 0.25) is 0 Å². The molecule has 6 rings (SSSR count). The molecule has 34 heavy (non-hydrogen) atoms. The number of methoxy groups -OCH3 is 2. The van der Waals surface area contributed by atoms with Crippen molar-refractivity contribution in [3.63, 3.8) is 0 Å². The lowest BCUT2D eigenvalue weighted by Gasteiger charge is -2.57. The average Bonchev–Trinajstić information content (AvgIpc) is 2.85. The van der Waals surface area contributed by atoms with E-state index in [0.717, 1.165) is 47.5 Å². The highest BCUT2D eigenvalue weighted by atomic mass is 16.5. The molecule has 0 unspecified atom stereocenters. The van der Waals surface area contributed by atoms with Crippen molar-refractivity contribution in [2.24, 2.45) is 17.8 Å². The van der Waals surface area contributed by atoms with Crippen LogP contribution in [0.5, 0.6) is 5.75 Å². The summed E-state index contributed by atoms with van der Waals surface area (Å²) in [6, 6.07) is 14.1. The van der Waals surface area contributed by atoms with Crippen molar-refractivity contribution < 1.29 is 19.4 Å². The first-order chi connectivity index (χ1) is 16.5. The second kappa shape index (κ2) is 9.58. The van der Waals surface area contributed by atoms with Gasteiger partial charge in [-0.15, -0.1) is 0 Å². The van der Waals surface area contributed by atoms with E-state index in [1.54, 1.807) is 19.2 Å². The van der Waals surface area contributed by atoms with E-state index in [9.17, 15) is 9.90 Å². The third-order valence-electron chi connectivity index (χ3n) is 8.52. The van der Waals surface area contributed by atoms with Crippen molar-refractivity contribution in [3.8, 4) is 5.75 Å². The number of benzene rings is 2. The number of aryl methyl sites for hydroxylation is 1. The molecular weight excluding hydrogens is 424 g/mol. The van der Waals surface area contributed by atoms with Crippen LogP contribution in [-0.4, -0.2) is 31.9 Å². The predicted octanol–water partition coefficient (Wildman–Crippen LogP) is 5.96. The first kappa shape index (κ1) is 23.2. The van der Waals surface area contributed by atoms with Crippen LogP contribution in [-0.2, 0) is 16.6 Å². The van der Waals surface area contributed by atoms with Gasteiger partial charge in [0.15, 0.2) is 0 Å². The first-order valence-corrected chi connectivity index (χ1v) is 12.7. The number of allylic oxidation sites excluding steroid dienone is 1. The predicted molar refractivity (Wildman–Crippen MR) is 134 cm³/mol. The molecule has 4 nitrogen and oxygen atoms in total. The number of hydrogen-bond donors (Lipinski definition) is 1. The highest BCUT2D eigenvalue weighted by molar-refractivity contribution is 5.90. The number of carbonyl (C=O) groups excluding carboxylic acids is 1. The summed E-state index contributed by atoms with van der Waals surface area (Å²) in [4.78, 5) is 11.8. The van der Waals surface area contributed by atoms with Gasteiger partial charge in [-0.3, -0.25) is 0 Å². The molecule has 0 radical (unpaired) electrons. The van der Waals surface area contributed by atoms with Crippen LogP contribution in [0.25, 0.3) is 5.57 Å². The Labute approximate surface area is 203 Å². The normalized spacial score (nSPS) is 27.6. The monoisotopic (exact) mass is 460 g/mol. The van der Waals surface area contributed by atoms with Gasteiger partial charge in [0.1, 0.15) is 5.75 Å². The van der Waals surface area contributed by atoms with Crippen molar-refractivity contribution in [3.05, 3.63) is 70.8 Å². The third kappa shape index (κ3) is 4.40. The summed E-state index contributed by atoms with van der Waals surface area (Å²) in [5.41, 5.74) is 5.17. The molecule has 2 aromatic rings. The standard InChI is InChI=1S/C30H36O4/c1-33-28-14-20(5-3-8-26(19-31)24-6-4-7-25(15-24)29(32)34-2)9-10-27(28)30-16-21-11-22(17-30)13-23(12-21)18-30/h4,6-10,14-15,21-23,31H,3,5,11-13,16-19H2,1-2H3/b26-8+. The summed E-state index contributed by atoms with van der Waals surface area (Å²) in [6.45, 7) is -0.0705. The van der Waals surface area contributed by atoms with E-state index in [4.69, 9.17) is 9.47 Å². The molecule has 4 saturated carbocycles. The van der Waals surface area contributed by atoms with Crippen LogP contribution < -0.4 is 4.74 Å². The Bertz CT molecular complexity index is 1050. The van der Waals surface area contributed by atoms with Crippen molar-refractivity contribution in [2.75, 3.05) is 20.8 Å². The van der Waals surface area contributed by atoms with Gasteiger partial charge in [0.25, 0.3) is 0 Å². The summed E-state index contributed by atoms with van der Waals surface area (Å²) >= 11 is 0. The zero-order valence-electron chi connectivity index (χ0n) is 20.4. The van der Waals surface area contributed by atoms with Crippen LogP contribution in [0.4, 0.5) is 0 Å². The highest BCUT2D eigenvalue weighted by Crippen LogP contribution is 2.61. The quantitative estimate of drug-likeness (QED) is 0.494. The summed E-state index contributed by atoms with van der Waals surface area (Å²) in [6.07, 6.45) is 12.1. The fourth-order valence-corrected chi connectivity index (χ4v) is 7.42. The molecule has 4 aliphatic carbocycles. The zero-order chi connectivity index (χ0) is 23.7. The van der Waals surface area contributed by atoms with Crippen LogP contribution in [0, 0.1) is 17.8 Å². The number of ether oxygens (including phenoxy) is 2. The van der Waals surface area contributed by atoms with Gasteiger partial charge >= 0.3 is 5.97 Å². The molecular formula is C30H36O4. The highest BCUT2D eigenvalue weighted by Gasteiger charge is 2.52. The number of hydrogen-bond acceptors (Lipinski definition) is 4. The summed E-state index contributed by atoms with van der Waals surface area (Å²) < 4.78 is 10.8. The molecule has 180 valence electrons. The van der Waals surface area contributed by atoms with E-state index >= 15 is 0 Å². The van der Waals surface area contributed by atoms with Gasteiger partial charge in [-0.25, -0.2) is 4.79 Å². The van der Waals surface area contributed by atoms with E-state index < -0.39 is 0 Å². The molecule has 0 heterocycles. The Kier molecular flexibility index (Phi) is 6.52. The Balaban J connectivity index is 1.31. The molecule has 4 bridgehead atoms. The van der Waals surface area contributed by atoms with Crippen molar-refractivity contribution in [2.45, 2.75) is 56.8 Å². The number of aliphatic hydroxyl groups excluding tert-OH is 1. The molecule has 0 aromatic heterocycles. The molecule has 4 heteroatoms. The van der Waals surface area contributed by atoms with Gasteiger partial charge in [-0.1, -0.05) is 30.3 Å². The third-order valence-corrected chi connectivity index (χ3v) is 8.52. The number of aliphatic hydroxyl groups is 1. The Morgan fingerprint density at radius 2 is 1.68 bits per heavy atom. The van der Waals surface area contributed by atoms with E-state index in [2.05, 4.69) is 24.3 Å². The first-order valence-electron chi connectivity index (χ1n) is 12.7. The van der Waals surface area contributed by atoms with Gasteiger partial charge in [0.2, 0.25) is 0 Å². The molecule has 0 spiro atoms. The summed E-state index contributed by atoms with van der Waals surface area (Å²) in [5, 5.41) is 9.93. The van der Waals surface area contributed by atoms with Crippen LogP contribution >= 0.6 is 0 Å². The lowest BCUT2D eigenvalue weighted by atomic mass is 9.48. The molecule has 0 atom stereocenters. The van der Waals surface area contributed by atoms with Crippen LogP contribution in [0.15, 0.2) is 48.5 Å². The fourth-order valence-electron chi connectivity index (χ4n) is 7.42. The SMILES string of the molecule is COC(=O)c1cccc(/C(=C/CCc2ccc(C34CC5CC(CC(C5)C3)C4)c(OC)c2)CO)c1. The Hall–Kier alpha value is -2.59. The van der Waals surface area contributed by atoms with Gasteiger partial charge in [0.05, 0.1) is 26.4 Å². The lowest BCUT2D eigenvalue weighted by Crippen LogP contribution is -2.48. The average molecular weight is 461 g/mol. The maximum absolute atomic E-state index is 11.8. The number of carbonyl (C=O) groups is 1. The molecule has 4 aliphatic rings. The van der Waals surface area contributed by atoms with E-state index in [1.807, 2.05) is 12.1 Å². The van der Waals surface area contributed by atoms with Gasteiger partial charge in [0, 0.05) is 5.56 Å². The zero-order valence-corrected chi connectivity index (χ0v) is 20.4. The van der Waals surface area contributed by atoms with Crippen LogP contribution in [0.3, 0.4) is 0 Å². The maximum atomic E-state index is 11.8. The van der Waals surface area contributed by atoms with Crippen molar-refractivity contribution in [1.82, 2.24) is 0 Å². The molecule has 1 N–H and O–H groups in total. The Morgan fingerprint density at radius 1 is 1.00 bits per heavy atom. The number of rotatable bonds is 8. The van der Waals surface area contributed by atoms with Gasteiger partial charge in [-0.2, -0.15) is 0 Å². The minimum atomic E-state index is -0.370. The smallest absolute Gasteiger partial charge is 0.337 e. The summed E-state index contributed by atoms with van der Waals surface area (Å²) in [7, 11) is 3.18. The fraction of sp³-hybridized carbons (Fsp3) is 0.500. The largest absolute Gasteiger partial charge is 0.496 e. The second-order valence-electron chi connectivity index (χ2n) is 10.7. The van der Waals surface area contributed by atoms with Gasteiger partial charge in [-0.05, 0) is 109 Å². The topological polar surface area (TPSA) is 55.8 Å². The van der Waals surface area contributed by atoms with Gasteiger partial charge < -0.3 is 14.6 Å². The maximum Gasteiger partial charge on any atom is 0.337 e.